The lowest BCUT2D eigenvalue weighted by Crippen LogP contribution is -2.42. The molecule has 6 heteroatoms. The van der Waals surface area contributed by atoms with Crippen molar-refractivity contribution in [3.63, 3.8) is 0 Å². The second kappa shape index (κ2) is 8.72. The summed E-state index contributed by atoms with van der Waals surface area (Å²) >= 11 is 0. The van der Waals surface area contributed by atoms with Crippen LogP contribution in [0.3, 0.4) is 0 Å². The minimum absolute atomic E-state index is 0.147. The highest BCUT2D eigenvalue weighted by Crippen LogP contribution is 2.33. The number of hydrogen-bond acceptors (Lipinski definition) is 4. The molecule has 0 bridgehead atoms. The standard InChI is InChI=1S/C19H29FN2O3/c1-19(2,8-7-13-3-5-14(6-4-13)18(24)25)22-12-17(23)15-9-16(20)11-21-10-15/h9-11,13-14,17,22-23H,3-8,12H2,1-2H3,(H,24,25). The average Bonchev–Trinajstić information content (AvgIpc) is 2.58. The minimum atomic E-state index is -0.798. The molecule has 1 fully saturated rings. The van der Waals surface area contributed by atoms with Crippen molar-refractivity contribution in [2.75, 3.05) is 6.54 Å². The molecule has 1 saturated carbocycles. The Morgan fingerprint density at radius 3 is 2.64 bits per heavy atom. The number of aromatic nitrogens is 1. The Bertz CT molecular complexity index is 572. The molecule has 1 heterocycles. The summed E-state index contributed by atoms with van der Waals surface area (Å²) in [7, 11) is 0. The van der Waals surface area contributed by atoms with Gasteiger partial charge in [-0.15, -0.1) is 0 Å². The van der Waals surface area contributed by atoms with Crippen LogP contribution in [-0.4, -0.2) is 33.3 Å². The maximum Gasteiger partial charge on any atom is 0.306 e. The molecule has 0 radical (unpaired) electrons. The number of halogens is 1. The van der Waals surface area contributed by atoms with Gasteiger partial charge >= 0.3 is 5.97 Å². The Balaban J connectivity index is 1.73. The van der Waals surface area contributed by atoms with Gasteiger partial charge < -0.3 is 15.5 Å². The quantitative estimate of drug-likeness (QED) is 0.669. The number of rotatable bonds is 8. The molecule has 1 aromatic rings. The van der Waals surface area contributed by atoms with Gasteiger partial charge in [0.15, 0.2) is 0 Å². The first-order valence-corrected chi connectivity index (χ1v) is 9.03. The summed E-state index contributed by atoms with van der Waals surface area (Å²) in [5.41, 5.74) is 0.320. The molecule has 1 aliphatic rings. The van der Waals surface area contributed by atoms with E-state index in [-0.39, 0.29) is 11.5 Å². The van der Waals surface area contributed by atoms with Crippen LogP contribution in [0.2, 0.25) is 0 Å². The van der Waals surface area contributed by atoms with Crippen LogP contribution in [-0.2, 0) is 4.79 Å². The summed E-state index contributed by atoms with van der Waals surface area (Å²) < 4.78 is 13.2. The van der Waals surface area contributed by atoms with Gasteiger partial charge in [0.2, 0.25) is 0 Å². The summed E-state index contributed by atoms with van der Waals surface area (Å²) in [6.45, 7) is 4.52. The lowest BCUT2D eigenvalue weighted by atomic mass is 9.78. The smallest absolute Gasteiger partial charge is 0.306 e. The van der Waals surface area contributed by atoms with E-state index in [0.29, 0.717) is 18.0 Å². The van der Waals surface area contributed by atoms with E-state index in [1.165, 1.54) is 12.3 Å². The molecule has 3 N–H and O–H groups in total. The van der Waals surface area contributed by atoms with Gasteiger partial charge in [-0.3, -0.25) is 9.78 Å². The van der Waals surface area contributed by atoms with E-state index in [4.69, 9.17) is 5.11 Å². The van der Waals surface area contributed by atoms with Crippen molar-refractivity contribution >= 4 is 5.97 Å². The number of pyridine rings is 1. The highest BCUT2D eigenvalue weighted by Gasteiger charge is 2.27. The van der Waals surface area contributed by atoms with Crippen molar-refractivity contribution in [1.82, 2.24) is 10.3 Å². The molecule has 140 valence electrons. The van der Waals surface area contributed by atoms with Gasteiger partial charge in [-0.05, 0) is 64.4 Å². The zero-order valence-corrected chi connectivity index (χ0v) is 15.0. The van der Waals surface area contributed by atoms with Gasteiger partial charge in [-0.2, -0.15) is 0 Å². The maximum atomic E-state index is 13.2. The molecule has 0 aliphatic heterocycles. The van der Waals surface area contributed by atoms with Gasteiger partial charge in [0.1, 0.15) is 5.82 Å². The third kappa shape index (κ3) is 6.36. The SMILES string of the molecule is CC(C)(CCC1CCC(C(=O)O)CC1)NCC(O)c1cncc(F)c1. The third-order valence-electron chi connectivity index (χ3n) is 5.26. The largest absolute Gasteiger partial charge is 0.481 e. The molecular formula is C19H29FN2O3. The number of aliphatic hydroxyl groups is 1. The van der Waals surface area contributed by atoms with Crippen LogP contribution in [0.15, 0.2) is 18.5 Å². The van der Waals surface area contributed by atoms with E-state index in [1.807, 2.05) is 0 Å². The zero-order chi connectivity index (χ0) is 18.4. The molecule has 0 saturated heterocycles. The molecule has 25 heavy (non-hydrogen) atoms. The van der Waals surface area contributed by atoms with E-state index in [9.17, 15) is 14.3 Å². The first kappa shape index (κ1) is 19.8. The Labute approximate surface area is 148 Å². The number of nitrogens with zero attached hydrogens (tertiary/aromatic N) is 1. The summed E-state index contributed by atoms with van der Waals surface area (Å²) in [4.78, 5) is 14.8. The van der Waals surface area contributed by atoms with Crippen molar-refractivity contribution in [3.05, 3.63) is 29.8 Å². The van der Waals surface area contributed by atoms with Crippen molar-refractivity contribution in [2.45, 2.75) is 64.0 Å². The van der Waals surface area contributed by atoms with Crippen LogP contribution < -0.4 is 5.32 Å². The van der Waals surface area contributed by atoms with Crippen molar-refractivity contribution < 1.29 is 19.4 Å². The van der Waals surface area contributed by atoms with Gasteiger partial charge in [-0.1, -0.05) is 0 Å². The van der Waals surface area contributed by atoms with Crippen LogP contribution in [0, 0.1) is 17.7 Å². The van der Waals surface area contributed by atoms with Crippen molar-refractivity contribution in [3.8, 4) is 0 Å². The molecule has 1 aromatic heterocycles. The number of aliphatic hydroxyl groups excluding tert-OH is 1. The number of carboxylic acids is 1. The fourth-order valence-corrected chi connectivity index (χ4v) is 3.45. The van der Waals surface area contributed by atoms with Crippen LogP contribution >= 0.6 is 0 Å². The lowest BCUT2D eigenvalue weighted by Gasteiger charge is -2.32. The van der Waals surface area contributed by atoms with E-state index in [1.54, 1.807) is 0 Å². The van der Waals surface area contributed by atoms with Crippen LogP contribution in [0.5, 0.6) is 0 Å². The third-order valence-corrected chi connectivity index (χ3v) is 5.26. The summed E-state index contributed by atoms with van der Waals surface area (Å²) in [5, 5.41) is 22.6. The van der Waals surface area contributed by atoms with E-state index >= 15 is 0 Å². The Hall–Kier alpha value is -1.53. The molecule has 0 amide bonds. The van der Waals surface area contributed by atoms with Gasteiger partial charge in [0.25, 0.3) is 0 Å². The molecule has 1 unspecified atom stereocenters. The van der Waals surface area contributed by atoms with Crippen molar-refractivity contribution in [1.29, 1.82) is 0 Å². The minimum Gasteiger partial charge on any atom is -0.481 e. The number of carboxylic acid groups (broad SMARTS) is 1. The van der Waals surface area contributed by atoms with Gasteiger partial charge in [0, 0.05) is 23.8 Å². The number of nitrogens with one attached hydrogen (secondary N) is 1. The highest BCUT2D eigenvalue weighted by atomic mass is 19.1. The molecule has 0 spiro atoms. The molecule has 2 rings (SSSR count). The monoisotopic (exact) mass is 352 g/mol. The first-order chi connectivity index (χ1) is 11.8. The topological polar surface area (TPSA) is 82.5 Å². The Morgan fingerprint density at radius 1 is 1.36 bits per heavy atom. The van der Waals surface area contributed by atoms with Crippen LogP contribution in [0.25, 0.3) is 0 Å². The fourth-order valence-electron chi connectivity index (χ4n) is 3.45. The summed E-state index contributed by atoms with van der Waals surface area (Å²) in [5.74, 6) is -0.708. The fraction of sp³-hybridized carbons (Fsp3) is 0.684. The summed E-state index contributed by atoms with van der Waals surface area (Å²) in [6.07, 6.45) is 7.30. The normalized spacial score (nSPS) is 22.6. The second-order valence-electron chi connectivity index (χ2n) is 7.81. The van der Waals surface area contributed by atoms with E-state index in [0.717, 1.165) is 44.7 Å². The predicted molar refractivity (Wildman–Crippen MR) is 93.6 cm³/mol. The Morgan fingerprint density at radius 2 is 2.04 bits per heavy atom. The molecule has 1 aliphatic carbocycles. The number of aliphatic carboxylic acids is 1. The summed E-state index contributed by atoms with van der Waals surface area (Å²) in [6, 6.07) is 1.30. The Kier molecular flexibility index (Phi) is 6.90. The van der Waals surface area contributed by atoms with Crippen LogP contribution in [0.4, 0.5) is 4.39 Å². The number of carbonyl (C=O) groups is 1. The average molecular weight is 352 g/mol. The maximum absolute atomic E-state index is 13.2. The number of β-amino-alcohol motifs (C(OH)–C–C–N with tert-alkyl or cyclic N) is 1. The van der Waals surface area contributed by atoms with Crippen LogP contribution in [0.1, 0.15) is 64.0 Å². The highest BCUT2D eigenvalue weighted by molar-refractivity contribution is 5.69. The van der Waals surface area contributed by atoms with Crippen molar-refractivity contribution in [2.24, 2.45) is 11.8 Å². The number of hydrogen-bond donors (Lipinski definition) is 3. The van der Waals surface area contributed by atoms with E-state index < -0.39 is 17.9 Å². The first-order valence-electron chi connectivity index (χ1n) is 9.03. The predicted octanol–water partition coefficient (Wildman–Crippen LogP) is 3.29. The molecule has 0 aromatic carbocycles. The second-order valence-corrected chi connectivity index (χ2v) is 7.81. The van der Waals surface area contributed by atoms with Gasteiger partial charge in [-0.25, -0.2) is 4.39 Å². The molecular weight excluding hydrogens is 323 g/mol. The van der Waals surface area contributed by atoms with E-state index in [2.05, 4.69) is 24.1 Å². The van der Waals surface area contributed by atoms with Gasteiger partial charge in [0.05, 0.1) is 18.2 Å². The lowest BCUT2D eigenvalue weighted by molar-refractivity contribution is -0.143. The molecule has 1 atom stereocenters. The zero-order valence-electron chi connectivity index (χ0n) is 15.0. The molecule has 5 nitrogen and oxygen atoms in total.